The molecule has 229 valence electrons. The predicted molar refractivity (Wildman–Crippen MR) is 132 cm³/mol. The molecule has 0 heterocycles. The molecule has 0 saturated heterocycles. The van der Waals surface area contributed by atoms with Crippen molar-refractivity contribution in [3.63, 3.8) is 0 Å². The Morgan fingerprint density at radius 1 is 0.909 bits per heavy atom. The van der Waals surface area contributed by atoms with Crippen LogP contribution in [0, 0.1) is 0 Å². The first-order chi connectivity index (χ1) is 18.9. The monoisotopic (exact) mass is 770 g/mol. The summed E-state index contributed by atoms with van der Waals surface area (Å²) >= 11 is 0.969. The number of rotatable bonds is 14. The number of sulfonamides is 1. The average Bonchev–Trinajstić information content (AvgIpc) is 2.89. The Morgan fingerprint density at radius 2 is 1.55 bits per heavy atom. The van der Waals surface area contributed by atoms with Crippen molar-refractivity contribution in [1.82, 2.24) is 0 Å². The maximum atomic E-state index is 12.4. The van der Waals surface area contributed by atoms with E-state index in [9.17, 15) is 42.1 Å². The minimum atomic E-state index is -5.07. The number of nitrogens with zero attached hydrogens (tertiary/aromatic N) is 3. The number of phenolic OH excluding ortho intramolecular Hbond substituents is 2. The van der Waals surface area contributed by atoms with Gasteiger partial charge in [0.15, 0.2) is 5.75 Å². The van der Waals surface area contributed by atoms with Crippen molar-refractivity contribution in [2.45, 2.75) is 9.79 Å². The van der Waals surface area contributed by atoms with Crippen molar-refractivity contribution in [3.05, 3.63) is 42.5 Å². The molecular weight excluding hydrogens is 755 g/mol. The van der Waals surface area contributed by atoms with Gasteiger partial charge in [-0.3, -0.25) is 18.6 Å². The number of anilines is 1. The third kappa shape index (κ3) is 13.7. The largest absolute Gasteiger partial charge is 1.00 e. The zero-order valence-electron chi connectivity index (χ0n) is 23.0. The van der Waals surface area contributed by atoms with Gasteiger partial charge in [-0.05, 0) is 35.7 Å². The minimum absolute atomic E-state index is 0. The van der Waals surface area contributed by atoms with Crippen LogP contribution in [0.15, 0.2) is 62.5 Å². The maximum Gasteiger partial charge on any atom is 1.00 e. The first kappa shape index (κ1) is 46.8. The molecule has 3 aromatic rings. The Balaban J connectivity index is 0. The summed E-state index contributed by atoms with van der Waals surface area (Å²) in [6, 6.07) is 9.44. The average molecular weight is 771 g/mol. The zero-order valence-corrected chi connectivity index (χ0v) is 33.2. The van der Waals surface area contributed by atoms with E-state index in [0.717, 1.165) is 17.4 Å². The van der Waals surface area contributed by atoms with Gasteiger partial charge in [0.2, 0.25) is 20.4 Å². The molecule has 44 heavy (non-hydrogen) atoms. The molecule has 0 unspecified atom stereocenters. The molecule has 0 fully saturated rings. The van der Waals surface area contributed by atoms with E-state index in [4.69, 9.17) is 0 Å². The molecule has 0 aliphatic rings. The summed E-state index contributed by atoms with van der Waals surface area (Å²) in [6.45, 7) is -0.906. The number of azo groups is 1. The molecule has 0 saturated carbocycles. The normalized spacial score (nSPS) is 11.3. The van der Waals surface area contributed by atoms with Crippen LogP contribution >= 0.6 is 24.1 Å². The molecule has 25 heteroatoms. The number of hydrogen-bond donors (Lipinski definition) is 2. The Kier molecular flexibility index (Phi) is 23.0. The van der Waals surface area contributed by atoms with Gasteiger partial charge in [-0.1, -0.05) is 6.07 Å². The molecule has 0 spiro atoms. The van der Waals surface area contributed by atoms with Crippen molar-refractivity contribution in [2.24, 2.45) is 10.2 Å². The standard InChI is InChI=1S/C19H19N3O14S4.Cu.3Na/c1-22(39(27,28)7-6-32-40(29,30)31)12-2-5-15(16(23)10-12)20-21-18-14-4-3-13(37-35-33-25)8-11(14)9-17(19(18)24)38-36-34-26;;;;/h2-5,8-10,23-26H,6-7H2,1H3,(H,29,30,31);;;;/q;;3*+1/p-3. The van der Waals surface area contributed by atoms with Crippen LogP contribution in [0.1, 0.15) is 0 Å². The Morgan fingerprint density at radius 3 is 2.14 bits per heavy atom. The molecule has 1 radical (unpaired) electrons. The summed E-state index contributed by atoms with van der Waals surface area (Å²) in [7, 11) is -8.10. The second-order valence-corrected chi connectivity index (χ2v) is 12.0. The van der Waals surface area contributed by atoms with Gasteiger partial charge in [0.1, 0.15) is 17.1 Å². The summed E-state index contributed by atoms with van der Waals surface area (Å²) in [5, 5.41) is 56.8. The molecule has 0 aromatic heterocycles. The van der Waals surface area contributed by atoms with Gasteiger partial charge in [-0.15, -0.1) is 10.2 Å². The summed E-state index contributed by atoms with van der Waals surface area (Å²) in [5.41, 5.74) is -0.311. The van der Waals surface area contributed by atoms with E-state index in [0.29, 0.717) is 39.8 Å². The number of fused-ring (bicyclic) bond motifs is 1. The molecular formula is C19H16CuN3Na3O14S4. The SMILES string of the molecule is CN(c1ccc(N=Nc2c(O)c(SOO[O-])cc3cc(SOO[O-])ccc23)c(O)c1)S(=O)(=O)CCOS(=O)(=O)[O-].[Cu].[Na+].[Na+].[Na+]. The van der Waals surface area contributed by atoms with Crippen LogP contribution in [0.25, 0.3) is 10.8 Å². The van der Waals surface area contributed by atoms with Crippen LogP contribution in [-0.4, -0.2) is 51.0 Å². The van der Waals surface area contributed by atoms with E-state index in [-0.39, 0.29) is 128 Å². The summed E-state index contributed by atoms with van der Waals surface area (Å²) < 4.78 is 69.5. The van der Waals surface area contributed by atoms with E-state index < -0.39 is 44.3 Å². The van der Waals surface area contributed by atoms with Gasteiger partial charge in [0.05, 0.1) is 47.0 Å². The Bertz CT molecular complexity index is 1620. The van der Waals surface area contributed by atoms with Crippen LogP contribution in [-0.2, 0) is 60.4 Å². The third-order valence-corrected chi connectivity index (χ3v) is 8.27. The van der Waals surface area contributed by atoms with Gasteiger partial charge < -0.3 is 25.3 Å². The zero-order chi connectivity index (χ0) is 29.5. The van der Waals surface area contributed by atoms with Gasteiger partial charge in [0, 0.05) is 40.5 Å². The second-order valence-electron chi connectivity index (χ2n) is 7.28. The molecule has 17 nitrogen and oxygen atoms in total. The molecule has 0 bridgehead atoms. The molecule has 3 rings (SSSR count). The number of aromatic hydroxyl groups is 2. The van der Waals surface area contributed by atoms with Crippen LogP contribution < -0.4 is 103 Å². The van der Waals surface area contributed by atoms with Crippen molar-refractivity contribution in [3.8, 4) is 11.5 Å². The van der Waals surface area contributed by atoms with Crippen LogP contribution in [0.3, 0.4) is 0 Å². The van der Waals surface area contributed by atoms with Gasteiger partial charge >= 0.3 is 88.7 Å². The van der Waals surface area contributed by atoms with Gasteiger partial charge in [-0.25, -0.2) is 16.8 Å². The molecule has 0 aliphatic carbocycles. The predicted octanol–water partition coefficient (Wildman–Crippen LogP) is -7.62. The van der Waals surface area contributed by atoms with E-state index in [1.54, 1.807) is 0 Å². The molecule has 0 aliphatic heterocycles. The van der Waals surface area contributed by atoms with E-state index in [1.165, 1.54) is 36.4 Å². The summed E-state index contributed by atoms with van der Waals surface area (Å²) in [5.74, 6) is -1.83. The van der Waals surface area contributed by atoms with E-state index in [1.807, 2.05) is 0 Å². The third-order valence-electron chi connectivity index (χ3n) is 4.90. The molecule has 2 N–H and O–H groups in total. The first-order valence-corrected chi connectivity index (χ1v) is 14.7. The fraction of sp³-hybridized carbons (Fsp3) is 0.158. The van der Waals surface area contributed by atoms with Crippen molar-refractivity contribution < 1.29 is 171 Å². The number of benzene rings is 3. The smallest absolute Gasteiger partial charge is 0.726 e. The Labute approximate surface area is 336 Å². The minimum Gasteiger partial charge on any atom is -0.726 e. The van der Waals surface area contributed by atoms with Crippen molar-refractivity contribution in [2.75, 3.05) is 23.7 Å². The van der Waals surface area contributed by atoms with E-state index >= 15 is 0 Å². The molecule has 0 atom stereocenters. The van der Waals surface area contributed by atoms with Gasteiger partial charge in [0.25, 0.3) is 0 Å². The first-order valence-electron chi connectivity index (χ1n) is 10.2. The number of phenols is 2. The summed E-state index contributed by atoms with van der Waals surface area (Å²) in [6.07, 6.45) is 0. The van der Waals surface area contributed by atoms with Crippen molar-refractivity contribution >= 4 is 72.3 Å². The number of hydrogen-bond acceptors (Lipinski definition) is 18. The van der Waals surface area contributed by atoms with Crippen LogP contribution in [0.5, 0.6) is 11.5 Å². The molecule has 3 aromatic carbocycles. The fourth-order valence-electron chi connectivity index (χ4n) is 3.09. The second kappa shape index (κ2) is 21.6. The Hall–Kier alpha value is 0.719. The molecule has 0 amide bonds. The fourth-order valence-corrected chi connectivity index (χ4v) is 5.34. The topological polar surface area (TPSA) is 252 Å². The summed E-state index contributed by atoms with van der Waals surface area (Å²) in [4.78, 5) is 0.406. The maximum absolute atomic E-state index is 12.4. The quantitative estimate of drug-likeness (QED) is 0.0294. The van der Waals surface area contributed by atoms with Crippen LogP contribution in [0.2, 0.25) is 0 Å². The van der Waals surface area contributed by atoms with Crippen molar-refractivity contribution in [1.29, 1.82) is 0 Å². The van der Waals surface area contributed by atoms with Crippen LogP contribution in [0.4, 0.5) is 17.1 Å². The van der Waals surface area contributed by atoms with Gasteiger partial charge in [-0.2, -0.15) is 8.67 Å². The van der Waals surface area contributed by atoms with E-state index in [2.05, 4.69) is 33.2 Å².